The van der Waals surface area contributed by atoms with Crippen LogP contribution in [-0.2, 0) is 0 Å². The molecule has 0 radical (unpaired) electrons. The highest BCUT2D eigenvalue weighted by Crippen LogP contribution is 2.51. The second-order valence-electron chi connectivity index (χ2n) is 9.79. The van der Waals surface area contributed by atoms with Crippen molar-refractivity contribution in [2.75, 3.05) is 0 Å². The van der Waals surface area contributed by atoms with Gasteiger partial charge in [-0.25, -0.2) is 4.39 Å². The molecule has 0 aromatic heterocycles. The van der Waals surface area contributed by atoms with Crippen LogP contribution >= 0.6 is 0 Å². The number of benzene rings is 7. The highest BCUT2D eigenvalue weighted by atomic mass is 19.1. The number of hydrogen-bond donors (Lipinski definition) is 0. The van der Waals surface area contributed by atoms with Crippen LogP contribution in [0.1, 0.15) is 0 Å². The summed E-state index contributed by atoms with van der Waals surface area (Å²) in [5.74, 6) is 1.54. The minimum Gasteiger partial charge on any atom is -0.456 e. The summed E-state index contributed by atoms with van der Waals surface area (Å²) in [5.41, 5.74) is 6.81. The molecule has 0 fully saturated rings. The van der Waals surface area contributed by atoms with Gasteiger partial charge in [0, 0.05) is 10.9 Å². The van der Waals surface area contributed by atoms with E-state index < -0.39 is 0 Å². The molecule has 0 saturated heterocycles. The third-order valence-corrected chi connectivity index (χ3v) is 7.73. The van der Waals surface area contributed by atoms with Crippen molar-refractivity contribution in [1.29, 1.82) is 0 Å². The normalized spacial score (nSPS) is 12.0. The van der Waals surface area contributed by atoms with E-state index in [4.69, 9.17) is 4.74 Å². The molecule has 0 spiro atoms. The second kappa shape index (κ2) is 8.03. The fourth-order valence-electron chi connectivity index (χ4n) is 6.14. The minimum absolute atomic E-state index is 0.230. The smallest absolute Gasteiger partial charge is 0.135 e. The predicted octanol–water partition coefficient (Wildman–Crippen LogP) is 10.4. The first-order valence-corrected chi connectivity index (χ1v) is 12.8. The van der Waals surface area contributed by atoms with Crippen molar-refractivity contribution in [3.63, 3.8) is 0 Å². The first kappa shape index (κ1) is 21.2. The van der Waals surface area contributed by atoms with E-state index >= 15 is 0 Å². The lowest BCUT2D eigenvalue weighted by molar-refractivity contribution is 0.487. The van der Waals surface area contributed by atoms with Gasteiger partial charge in [-0.05, 0) is 85.1 Å². The molecule has 2 heteroatoms. The van der Waals surface area contributed by atoms with Gasteiger partial charge in [0.05, 0.1) is 0 Å². The highest BCUT2D eigenvalue weighted by Gasteiger charge is 2.23. The standard InChI is InChI=1S/C36H21FO/c37-23-18-16-22(17-19-23)34-26-9-1-3-11-28(26)35(29-12-4-2-10-27(29)34)31-20-21-33-36-25(13-7-14-30(31)36)24-8-5-6-15-32(24)38-33/h1-21H. The van der Waals surface area contributed by atoms with Gasteiger partial charge in [0.25, 0.3) is 0 Å². The molecule has 0 unspecified atom stereocenters. The van der Waals surface area contributed by atoms with Gasteiger partial charge >= 0.3 is 0 Å². The molecule has 1 heterocycles. The zero-order chi connectivity index (χ0) is 25.2. The van der Waals surface area contributed by atoms with Crippen LogP contribution in [0.4, 0.5) is 4.39 Å². The second-order valence-corrected chi connectivity index (χ2v) is 9.79. The first-order valence-electron chi connectivity index (χ1n) is 12.8. The maximum Gasteiger partial charge on any atom is 0.135 e. The molecule has 0 atom stereocenters. The van der Waals surface area contributed by atoms with E-state index in [2.05, 4.69) is 91.0 Å². The number of para-hydroxylation sites is 1. The summed E-state index contributed by atoms with van der Waals surface area (Å²) in [5, 5.41) is 6.94. The predicted molar refractivity (Wildman–Crippen MR) is 155 cm³/mol. The Morgan fingerprint density at radius 2 is 0.974 bits per heavy atom. The van der Waals surface area contributed by atoms with Crippen LogP contribution in [0.15, 0.2) is 127 Å². The van der Waals surface area contributed by atoms with Gasteiger partial charge < -0.3 is 4.74 Å². The Morgan fingerprint density at radius 3 is 1.68 bits per heavy atom. The van der Waals surface area contributed by atoms with E-state index in [-0.39, 0.29) is 5.82 Å². The van der Waals surface area contributed by atoms with E-state index in [0.717, 1.165) is 44.3 Å². The summed E-state index contributed by atoms with van der Waals surface area (Å²) < 4.78 is 20.2. The highest BCUT2D eigenvalue weighted by molar-refractivity contribution is 6.24. The fraction of sp³-hybridized carbons (Fsp3) is 0. The Balaban J connectivity index is 1.51. The summed E-state index contributed by atoms with van der Waals surface area (Å²) in [6, 6.07) is 43.0. The molecule has 0 bridgehead atoms. The van der Waals surface area contributed by atoms with E-state index in [0.29, 0.717) is 0 Å². The molecule has 7 aromatic rings. The molecule has 8 rings (SSSR count). The van der Waals surface area contributed by atoms with E-state index in [1.54, 1.807) is 0 Å². The van der Waals surface area contributed by atoms with Crippen molar-refractivity contribution in [3.05, 3.63) is 133 Å². The number of rotatable bonds is 2. The summed E-state index contributed by atoms with van der Waals surface area (Å²) in [4.78, 5) is 0. The van der Waals surface area contributed by atoms with Crippen molar-refractivity contribution in [1.82, 2.24) is 0 Å². The van der Waals surface area contributed by atoms with Crippen molar-refractivity contribution in [2.45, 2.75) is 0 Å². The molecule has 0 amide bonds. The molecule has 0 saturated carbocycles. The Bertz CT molecular complexity index is 2000. The average Bonchev–Trinajstić information content (AvgIpc) is 2.97. The number of halogens is 1. The SMILES string of the molecule is Fc1ccc(-c2c3ccccc3c(-c3ccc4c5c(cccc35)-c3ccccc3O4)c3ccccc23)cc1. The zero-order valence-electron chi connectivity index (χ0n) is 20.4. The Kier molecular flexibility index (Phi) is 4.47. The lowest BCUT2D eigenvalue weighted by atomic mass is 9.83. The van der Waals surface area contributed by atoms with Crippen LogP contribution in [0.25, 0.3) is 65.7 Å². The van der Waals surface area contributed by atoms with Crippen LogP contribution in [0.3, 0.4) is 0 Å². The topological polar surface area (TPSA) is 9.23 Å². The molecular formula is C36H21FO. The molecule has 0 aliphatic carbocycles. The lowest BCUT2D eigenvalue weighted by Gasteiger charge is -2.24. The van der Waals surface area contributed by atoms with Crippen LogP contribution in [0, 0.1) is 5.82 Å². The van der Waals surface area contributed by atoms with E-state index in [9.17, 15) is 4.39 Å². The first-order chi connectivity index (χ1) is 18.8. The van der Waals surface area contributed by atoms with Crippen molar-refractivity contribution < 1.29 is 9.13 Å². The van der Waals surface area contributed by atoms with Crippen LogP contribution in [-0.4, -0.2) is 0 Å². The third-order valence-electron chi connectivity index (χ3n) is 7.73. The maximum absolute atomic E-state index is 13.8. The maximum atomic E-state index is 13.8. The van der Waals surface area contributed by atoms with E-state index in [1.807, 2.05) is 24.3 Å². The molecule has 1 aliphatic rings. The fourth-order valence-corrected chi connectivity index (χ4v) is 6.14. The zero-order valence-corrected chi connectivity index (χ0v) is 20.4. The third kappa shape index (κ3) is 2.98. The van der Waals surface area contributed by atoms with Gasteiger partial charge in [-0.15, -0.1) is 0 Å². The molecule has 38 heavy (non-hydrogen) atoms. The van der Waals surface area contributed by atoms with Gasteiger partial charge in [0.1, 0.15) is 17.3 Å². The quantitative estimate of drug-likeness (QED) is 0.220. The molecule has 7 aromatic carbocycles. The summed E-state index contributed by atoms with van der Waals surface area (Å²) in [6.07, 6.45) is 0. The number of hydrogen-bond acceptors (Lipinski definition) is 1. The summed E-state index contributed by atoms with van der Waals surface area (Å²) >= 11 is 0. The Hall–Kier alpha value is -4.95. The minimum atomic E-state index is -0.230. The van der Waals surface area contributed by atoms with Crippen molar-refractivity contribution in [2.24, 2.45) is 0 Å². The van der Waals surface area contributed by atoms with Crippen LogP contribution < -0.4 is 4.74 Å². The van der Waals surface area contributed by atoms with Crippen LogP contribution in [0.5, 0.6) is 11.5 Å². The Labute approximate surface area is 219 Å². The average molecular weight is 489 g/mol. The summed E-state index contributed by atoms with van der Waals surface area (Å²) in [6.45, 7) is 0. The molecular weight excluding hydrogens is 467 g/mol. The van der Waals surface area contributed by atoms with E-state index in [1.165, 1.54) is 45.0 Å². The summed E-state index contributed by atoms with van der Waals surface area (Å²) in [7, 11) is 0. The Morgan fingerprint density at radius 1 is 0.395 bits per heavy atom. The van der Waals surface area contributed by atoms with Gasteiger partial charge in [-0.2, -0.15) is 0 Å². The van der Waals surface area contributed by atoms with Crippen LogP contribution in [0.2, 0.25) is 0 Å². The number of fused-ring (bicyclic) bond motifs is 4. The largest absolute Gasteiger partial charge is 0.456 e. The van der Waals surface area contributed by atoms with Crippen molar-refractivity contribution in [3.8, 4) is 44.9 Å². The molecule has 1 aliphatic heterocycles. The molecule has 1 nitrogen and oxygen atoms in total. The van der Waals surface area contributed by atoms with Crippen molar-refractivity contribution >= 4 is 32.3 Å². The lowest BCUT2D eigenvalue weighted by Crippen LogP contribution is -1.98. The monoisotopic (exact) mass is 488 g/mol. The van der Waals surface area contributed by atoms with Gasteiger partial charge in [-0.3, -0.25) is 0 Å². The molecule has 0 N–H and O–H groups in total. The van der Waals surface area contributed by atoms with Gasteiger partial charge in [0.2, 0.25) is 0 Å². The van der Waals surface area contributed by atoms with Gasteiger partial charge in [0.15, 0.2) is 0 Å². The molecule has 178 valence electrons. The number of ether oxygens (including phenoxy) is 1. The van der Waals surface area contributed by atoms with Gasteiger partial charge in [-0.1, -0.05) is 97.1 Å².